The molecule has 184 valence electrons. The summed E-state index contributed by atoms with van der Waals surface area (Å²) in [5, 5.41) is 1.87. The lowest BCUT2D eigenvalue weighted by molar-refractivity contribution is 0.610. The number of fused-ring (bicyclic) bond motifs is 2. The van der Waals surface area contributed by atoms with Crippen molar-refractivity contribution in [2.45, 2.75) is 20.0 Å². The van der Waals surface area contributed by atoms with Crippen LogP contribution in [0, 0.1) is 6.92 Å². The number of pyridine rings is 2. The number of nitrogens with zero attached hydrogens (tertiary/aromatic N) is 5. The highest BCUT2D eigenvalue weighted by molar-refractivity contribution is 7.20. The first kappa shape index (κ1) is 23.7. The Balaban J connectivity index is 1.61. The molecule has 0 aliphatic rings. The van der Waals surface area contributed by atoms with Crippen molar-refractivity contribution in [1.29, 1.82) is 0 Å². The van der Waals surface area contributed by atoms with E-state index in [2.05, 4.69) is 4.98 Å². The van der Waals surface area contributed by atoms with Crippen LogP contribution in [0.15, 0.2) is 82.4 Å². The second-order valence-electron chi connectivity index (χ2n) is 8.63. The van der Waals surface area contributed by atoms with Gasteiger partial charge in [-0.25, -0.2) is 9.97 Å². The highest BCUT2D eigenvalue weighted by atomic mass is 35.5. The molecule has 0 atom stereocenters. The van der Waals surface area contributed by atoms with Crippen molar-refractivity contribution in [3.8, 4) is 5.13 Å². The van der Waals surface area contributed by atoms with Crippen molar-refractivity contribution in [1.82, 2.24) is 23.9 Å². The van der Waals surface area contributed by atoms with E-state index in [-0.39, 0.29) is 17.7 Å². The van der Waals surface area contributed by atoms with Crippen molar-refractivity contribution in [3.63, 3.8) is 0 Å². The summed E-state index contributed by atoms with van der Waals surface area (Å²) in [6.45, 7) is 2.37. The van der Waals surface area contributed by atoms with Gasteiger partial charge in [0.1, 0.15) is 5.15 Å². The molecule has 0 bridgehead atoms. The first-order valence-electron chi connectivity index (χ1n) is 11.5. The molecule has 7 nitrogen and oxygen atoms in total. The Hall–Kier alpha value is -3.72. The summed E-state index contributed by atoms with van der Waals surface area (Å²) in [6.07, 6.45) is 0. The van der Waals surface area contributed by atoms with Crippen molar-refractivity contribution in [2.24, 2.45) is 0 Å². The SMILES string of the molecule is Cc1c2c(=O)n(-c3nc4cc(Cl)ccc4s3)n(Cc3ccccc3)c2cc(=O)n1Cc1cccc(Cl)n1. The minimum Gasteiger partial charge on any atom is -0.306 e. The Morgan fingerprint density at radius 1 is 0.892 bits per heavy atom. The number of thiazole rings is 1. The number of aryl methyl sites for hydroxylation is 1. The van der Waals surface area contributed by atoms with Gasteiger partial charge in [-0.15, -0.1) is 0 Å². The van der Waals surface area contributed by atoms with Crippen LogP contribution >= 0.6 is 34.5 Å². The number of halogens is 2. The molecular formula is C27H19Cl2N5O2S. The Morgan fingerprint density at radius 3 is 2.49 bits per heavy atom. The second kappa shape index (κ2) is 9.30. The van der Waals surface area contributed by atoms with Gasteiger partial charge in [-0.05, 0) is 42.8 Å². The summed E-state index contributed by atoms with van der Waals surface area (Å²) in [7, 11) is 0. The van der Waals surface area contributed by atoms with Gasteiger partial charge in [0, 0.05) is 16.8 Å². The predicted octanol–water partition coefficient (Wildman–Crippen LogP) is 5.67. The molecule has 4 aromatic heterocycles. The van der Waals surface area contributed by atoms with E-state index in [0.29, 0.717) is 49.7 Å². The van der Waals surface area contributed by atoms with E-state index in [1.165, 1.54) is 17.4 Å². The molecule has 0 saturated carbocycles. The molecule has 0 amide bonds. The highest BCUT2D eigenvalue weighted by Crippen LogP contribution is 2.28. The van der Waals surface area contributed by atoms with Crippen LogP contribution in [0.5, 0.6) is 0 Å². The summed E-state index contributed by atoms with van der Waals surface area (Å²) in [5.41, 5.74) is 2.94. The van der Waals surface area contributed by atoms with Crippen molar-refractivity contribution < 1.29 is 0 Å². The number of rotatable bonds is 5. The fraction of sp³-hybridized carbons (Fsp3) is 0.111. The Kier molecular flexibility index (Phi) is 5.95. The average Bonchev–Trinajstić information content (AvgIpc) is 3.40. The lowest BCUT2D eigenvalue weighted by Crippen LogP contribution is -2.24. The number of benzene rings is 2. The summed E-state index contributed by atoms with van der Waals surface area (Å²) in [4.78, 5) is 36.4. The largest absolute Gasteiger partial charge is 0.306 e. The van der Waals surface area contributed by atoms with E-state index < -0.39 is 0 Å². The second-order valence-corrected chi connectivity index (χ2v) is 10.5. The van der Waals surface area contributed by atoms with E-state index in [9.17, 15) is 9.59 Å². The van der Waals surface area contributed by atoms with E-state index >= 15 is 0 Å². The van der Waals surface area contributed by atoms with E-state index in [0.717, 1.165) is 10.3 Å². The number of aromatic nitrogens is 5. The molecule has 37 heavy (non-hydrogen) atoms. The van der Waals surface area contributed by atoms with Gasteiger partial charge in [0.25, 0.3) is 11.1 Å². The zero-order valence-corrected chi connectivity index (χ0v) is 21.9. The molecular weight excluding hydrogens is 529 g/mol. The Bertz CT molecular complexity index is 1920. The third kappa shape index (κ3) is 4.27. The van der Waals surface area contributed by atoms with Crippen LogP contribution in [0.4, 0.5) is 0 Å². The van der Waals surface area contributed by atoms with Crippen LogP contribution in [0.3, 0.4) is 0 Å². The topological polar surface area (TPSA) is 74.7 Å². The number of hydrogen-bond acceptors (Lipinski definition) is 5. The fourth-order valence-corrected chi connectivity index (χ4v) is 5.82. The van der Waals surface area contributed by atoms with Crippen LogP contribution < -0.4 is 11.1 Å². The summed E-state index contributed by atoms with van der Waals surface area (Å²) in [6, 6.07) is 22.0. The van der Waals surface area contributed by atoms with Gasteiger partial charge in [0.15, 0.2) is 0 Å². The first-order valence-corrected chi connectivity index (χ1v) is 13.0. The zero-order valence-electron chi connectivity index (χ0n) is 19.6. The van der Waals surface area contributed by atoms with Crippen molar-refractivity contribution in [3.05, 3.63) is 121 Å². The summed E-state index contributed by atoms with van der Waals surface area (Å²) < 4.78 is 5.84. The van der Waals surface area contributed by atoms with Gasteiger partial charge in [0.05, 0.1) is 39.9 Å². The molecule has 0 saturated heterocycles. The summed E-state index contributed by atoms with van der Waals surface area (Å²) in [5.74, 6) is 0. The molecule has 6 rings (SSSR count). The van der Waals surface area contributed by atoms with Gasteiger partial charge in [-0.3, -0.25) is 14.3 Å². The van der Waals surface area contributed by atoms with Crippen LogP contribution in [0.25, 0.3) is 26.3 Å². The molecule has 2 aromatic carbocycles. The first-order chi connectivity index (χ1) is 17.9. The third-order valence-electron chi connectivity index (χ3n) is 6.26. The molecule has 10 heteroatoms. The molecule has 0 aliphatic heterocycles. The smallest absolute Gasteiger partial charge is 0.283 e. The Labute approximate surface area is 224 Å². The van der Waals surface area contributed by atoms with Crippen LogP contribution in [-0.4, -0.2) is 23.9 Å². The molecule has 0 spiro atoms. The molecule has 0 aliphatic carbocycles. The maximum absolute atomic E-state index is 14.0. The molecule has 4 heterocycles. The zero-order chi connectivity index (χ0) is 25.7. The lowest BCUT2D eigenvalue weighted by Gasteiger charge is -2.12. The van der Waals surface area contributed by atoms with Gasteiger partial charge in [0.2, 0.25) is 5.13 Å². The van der Waals surface area contributed by atoms with Crippen molar-refractivity contribution >= 4 is 55.7 Å². The maximum Gasteiger partial charge on any atom is 0.283 e. The van der Waals surface area contributed by atoms with E-state index in [1.807, 2.05) is 41.1 Å². The number of hydrogen-bond donors (Lipinski definition) is 0. The molecule has 0 radical (unpaired) electrons. The standard InChI is InChI=1S/C27H19Cl2N5O2S/c1-16-25-21(13-24(35)32(16)15-19-8-5-9-23(29)30-19)33(14-17-6-3-2-4-7-17)34(26(25)36)27-31-20-12-18(28)10-11-22(20)37-27/h2-13H,14-15H2,1H3. The molecule has 0 unspecified atom stereocenters. The van der Waals surface area contributed by atoms with E-state index in [1.54, 1.807) is 46.5 Å². The van der Waals surface area contributed by atoms with E-state index in [4.69, 9.17) is 28.2 Å². The highest BCUT2D eigenvalue weighted by Gasteiger charge is 2.22. The quantitative estimate of drug-likeness (QED) is 0.260. The van der Waals surface area contributed by atoms with Gasteiger partial charge >= 0.3 is 0 Å². The monoisotopic (exact) mass is 547 g/mol. The minimum atomic E-state index is -0.249. The van der Waals surface area contributed by atoms with Gasteiger partial charge in [-0.2, -0.15) is 4.68 Å². The van der Waals surface area contributed by atoms with Gasteiger partial charge < -0.3 is 4.57 Å². The predicted molar refractivity (Wildman–Crippen MR) is 149 cm³/mol. The van der Waals surface area contributed by atoms with Crippen molar-refractivity contribution in [2.75, 3.05) is 0 Å². The summed E-state index contributed by atoms with van der Waals surface area (Å²) >= 11 is 13.6. The van der Waals surface area contributed by atoms with Crippen LogP contribution in [0.1, 0.15) is 17.0 Å². The fourth-order valence-electron chi connectivity index (χ4n) is 4.52. The molecule has 0 fully saturated rings. The Morgan fingerprint density at radius 2 is 1.70 bits per heavy atom. The normalized spacial score (nSPS) is 11.5. The third-order valence-corrected chi connectivity index (χ3v) is 7.72. The maximum atomic E-state index is 14.0. The van der Waals surface area contributed by atoms with Crippen LogP contribution in [0.2, 0.25) is 10.2 Å². The van der Waals surface area contributed by atoms with Crippen LogP contribution in [-0.2, 0) is 13.1 Å². The molecule has 6 aromatic rings. The van der Waals surface area contributed by atoms with Gasteiger partial charge in [-0.1, -0.05) is 70.9 Å². The lowest BCUT2D eigenvalue weighted by atomic mass is 10.2. The average molecular weight is 548 g/mol. The minimum absolute atomic E-state index is 0.199. The molecule has 0 N–H and O–H groups in total.